The van der Waals surface area contributed by atoms with Gasteiger partial charge in [0.1, 0.15) is 5.82 Å². The number of benzene rings is 1. The van der Waals surface area contributed by atoms with Crippen LogP contribution in [0.15, 0.2) is 18.2 Å². The van der Waals surface area contributed by atoms with Gasteiger partial charge in [0.2, 0.25) is 0 Å². The van der Waals surface area contributed by atoms with Crippen LogP contribution in [0.3, 0.4) is 0 Å². The quantitative estimate of drug-likeness (QED) is 0.335. The van der Waals surface area contributed by atoms with Crippen LogP contribution in [0.25, 0.3) is 11.0 Å². The number of fused-ring (bicyclic) bond motifs is 1. The molecular weight excluding hydrogens is 190 g/mol. The Hall–Kier alpha value is -1.43. The van der Waals surface area contributed by atoms with Gasteiger partial charge in [-0.2, -0.15) is 0 Å². The van der Waals surface area contributed by atoms with Gasteiger partial charge in [0.05, 0.1) is 17.2 Å². The fraction of sp³-hybridized carbons (Fsp3) is 0.300. The summed E-state index contributed by atoms with van der Waals surface area (Å²) in [6.45, 7) is 1.94. The van der Waals surface area contributed by atoms with E-state index in [-0.39, 0.29) is 6.17 Å². The number of imidazole rings is 1. The highest BCUT2D eigenvalue weighted by Gasteiger charge is 2.08. The lowest BCUT2D eigenvalue weighted by atomic mass is 10.1. The van der Waals surface area contributed by atoms with Crippen LogP contribution < -0.4 is 16.6 Å². The SMILES string of the molecule is CNC(NN)c1ccc2nc(C)[nH]c2c1. The highest BCUT2D eigenvalue weighted by atomic mass is 15.3. The minimum atomic E-state index is -0.0435. The third kappa shape index (κ3) is 1.85. The zero-order valence-corrected chi connectivity index (χ0v) is 8.83. The molecule has 1 unspecified atom stereocenters. The number of H-pyrrole nitrogens is 1. The van der Waals surface area contributed by atoms with Gasteiger partial charge < -0.3 is 10.3 Å². The van der Waals surface area contributed by atoms with Crippen molar-refractivity contribution in [3.8, 4) is 0 Å². The first-order valence-corrected chi connectivity index (χ1v) is 4.84. The number of nitrogens with zero attached hydrogens (tertiary/aromatic N) is 1. The van der Waals surface area contributed by atoms with E-state index in [4.69, 9.17) is 5.84 Å². The van der Waals surface area contributed by atoms with Gasteiger partial charge in [-0.3, -0.25) is 5.84 Å². The molecular formula is C10H15N5. The number of hydrogen-bond donors (Lipinski definition) is 4. The summed E-state index contributed by atoms with van der Waals surface area (Å²) in [7, 11) is 1.85. The van der Waals surface area contributed by atoms with Crippen molar-refractivity contribution in [2.24, 2.45) is 5.84 Å². The molecule has 5 nitrogen and oxygen atoms in total. The monoisotopic (exact) mass is 205 g/mol. The van der Waals surface area contributed by atoms with Crippen LogP contribution in [0, 0.1) is 6.92 Å². The lowest BCUT2D eigenvalue weighted by molar-refractivity contribution is 0.489. The molecule has 15 heavy (non-hydrogen) atoms. The first-order valence-electron chi connectivity index (χ1n) is 4.84. The molecule has 1 heterocycles. The maximum Gasteiger partial charge on any atom is 0.104 e. The summed E-state index contributed by atoms with van der Waals surface area (Å²) in [5.41, 5.74) is 5.78. The highest BCUT2D eigenvalue weighted by molar-refractivity contribution is 5.75. The average molecular weight is 205 g/mol. The minimum Gasteiger partial charge on any atom is -0.342 e. The maximum atomic E-state index is 5.43. The van der Waals surface area contributed by atoms with E-state index in [0.29, 0.717) is 0 Å². The van der Waals surface area contributed by atoms with E-state index in [1.54, 1.807) is 0 Å². The lowest BCUT2D eigenvalue weighted by Crippen LogP contribution is -2.36. The number of nitrogens with one attached hydrogen (secondary N) is 3. The Morgan fingerprint density at radius 1 is 1.47 bits per heavy atom. The summed E-state index contributed by atoms with van der Waals surface area (Å²) >= 11 is 0. The molecule has 2 aromatic rings. The molecule has 1 aromatic carbocycles. The van der Waals surface area contributed by atoms with Gasteiger partial charge in [0, 0.05) is 0 Å². The zero-order chi connectivity index (χ0) is 10.8. The number of aromatic nitrogens is 2. The fourth-order valence-corrected chi connectivity index (χ4v) is 1.68. The second-order valence-corrected chi connectivity index (χ2v) is 3.49. The van der Waals surface area contributed by atoms with Crippen LogP contribution in [0.5, 0.6) is 0 Å². The summed E-state index contributed by atoms with van der Waals surface area (Å²) in [6, 6.07) is 6.02. The van der Waals surface area contributed by atoms with E-state index in [0.717, 1.165) is 22.4 Å². The predicted molar refractivity (Wildman–Crippen MR) is 60.0 cm³/mol. The molecule has 0 saturated carbocycles. The van der Waals surface area contributed by atoms with Crippen molar-refractivity contribution < 1.29 is 0 Å². The van der Waals surface area contributed by atoms with Crippen LogP contribution in [0.4, 0.5) is 0 Å². The van der Waals surface area contributed by atoms with Gasteiger partial charge in [-0.25, -0.2) is 10.4 Å². The van der Waals surface area contributed by atoms with Crippen LogP contribution in [-0.4, -0.2) is 17.0 Å². The topological polar surface area (TPSA) is 78.8 Å². The van der Waals surface area contributed by atoms with Gasteiger partial charge in [0.25, 0.3) is 0 Å². The third-order valence-corrected chi connectivity index (χ3v) is 2.41. The third-order valence-electron chi connectivity index (χ3n) is 2.41. The normalized spacial score (nSPS) is 13.3. The van der Waals surface area contributed by atoms with Gasteiger partial charge in [-0.1, -0.05) is 6.07 Å². The molecule has 0 aliphatic carbocycles. The molecule has 0 bridgehead atoms. The number of rotatable bonds is 3. The molecule has 0 saturated heterocycles. The molecule has 0 aliphatic heterocycles. The van der Waals surface area contributed by atoms with E-state index in [2.05, 4.69) is 20.7 Å². The standard InChI is InChI=1S/C10H15N5/c1-6-13-8-4-3-7(5-9(8)14-6)10(12-2)15-11/h3-5,10,12,15H,11H2,1-2H3,(H,13,14). The number of hydrogen-bond acceptors (Lipinski definition) is 4. The van der Waals surface area contributed by atoms with E-state index < -0.39 is 0 Å². The molecule has 0 spiro atoms. The summed E-state index contributed by atoms with van der Waals surface area (Å²) < 4.78 is 0. The Bertz CT molecular complexity index is 458. The average Bonchev–Trinajstić information content (AvgIpc) is 2.59. The molecule has 80 valence electrons. The van der Waals surface area contributed by atoms with E-state index in [1.807, 2.05) is 32.2 Å². The second-order valence-electron chi connectivity index (χ2n) is 3.49. The molecule has 5 N–H and O–H groups in total. The van der Waals surface area contributed by atoms with Crippen molar-refractivity contribution in [2.75, 3.05) is 7.05 Å². The van der Waals surface area contributed by atoms with Gasteiger partial charge >= 0.3 is 0 Å². The first-order chi connectivity index (χ1) is 7.24. The fourth-order valence-electron chi connectivity index (χ4n) is 1.68. The molecule has 5 heteroatoms. The smallest absolute Gasteiger partial charge is 0.104 e. The second kappa shape index (κ2) is 3.98. The van der Waals surface area contributed by atoms with E-state index in [9.17, 15) is 0 Å². The Labute approximate surface area is 88.0 Å². The molecule has 1 atom stereocenters. The number of hydrazine groups is 1. The van der Waals surface area contributed by atoms with Crippen molar-refractivity contribution in [1.82, 2.24) is 20.7 Å². The van der Waals surface area contributed by atoms with Gasteiger partial charge in [0.15, 0.2) is 0 Å². The van der Waals surface area contributed by atoms with Crippen molar-refractivity contribution in [3.63, 3.8) is 0 Å². The van der Waals surface area contributed by atoms with Crippen LogP contribution in [-0.2, 0) is 0 Å². The summed E-state index contributed by atoms with van der Waals surface area (Å²) in [4.78, 5) is 7.53. The van der Waals surface area contributed by atoms with Crippen molar-refractivity contribution in [2.45, 2.75) is 13.1 Å². The Kier molecular flexibility index (Phi) is 2.68. The first kappa shape index (κ1) is 10.1. The summed E-state index contributed by atoms with van der Waals surface area (Å²) in [5.74, 6) is 6.35. The van der Waals surface area contributed by atoms with Crippen LogP contribution in [0.1, 0.15) is 17.6 Å². The molecule has 0 radical (unpaired) electrons. The van der Waals surface area contributed by atoms with Crippen molar-refractivity contribution >= 4 is 11.0 Å². The number of nitrogens with two attached hydrogens (primary N) is 1. The van der Waals surface area contributed by atoms with Crippen molar-refractivity contribution in [1.29, 1.82) is 0 Å². The van der Waals surface area contributed by atoms with Crippen molar-refractivity contribution in [3.05, 3.63) is 29.6 Å². The van der Waals surface area contributed by atoms with Gasteiger partial charge in [-0.05, 0) is 31.7 Å². The van der Waals surface area contributed by atoms with Crippen LogP contribution in [0.2, 0.25) is 0 Å². The van der Waals surface area contributed by atoms with E-state index in [1.165, 1.54) is 0 Å². The highest BCUT2D eigenvalue weighted by Crippen LogP contribution is 2.16. The Balaban J connectivity index is 2.45. The lowest BCUT2D eigenvalue weighted by Gasteiger charge is -2.14. The zero-order valence-electron chi connectivity index (χ0n) is 8.83. The maximum absolute atomic E-state index is 5.43. The largest absolute Gasteiger partial charge is 0.342 e. The molecule has 0 amide bonds. The molecule has 0 fully saturated rings. The number of aromatic amines is 1. The van der Waals surface area contributed by atoms with E-state index >= 15 is 0 Å². The van der Waals surface area contributed by atoms with Gasteiger partial charge in [-0.15, -0.1) is 0 Å². The van der Waals surface area contributed by atoms with Crippen LogP contribution >= 0.6 is 0 Å². The molecule has 1 aromatic heterocycles. The summed E-state index contributed by atoms with van der Waals surface area (Å²) in [5, 5.41) is 3.07. The Morgan fingerprint density at radius 3 is 2.93 bits per heavy atom. The Morgan fingerprint density at radius 2 is 2.27 bits per heavy atom. The predicted octanol–water partition coefficient (Wildman–Crippen LogP) is 0.553. The molecule has 2 rings (SSSR count). The molecule has 0 aliphatic rings. The minimum absolute atomic E-state index is 0.0435. The summed E-state index contributed by atoms with van der Waals surface area (Å²) in [6.07, 6.45) is -0.0435. The number of aryl methyl sites for hydroxylation is 1.